The van der Waals surface area contributed by atoms with Crippen molar-refractivity contribution in [2.75, 3.05) is 26.6 Å². The van der Waals surface area contributed by atoms with Gasteiger partial charge in [-0.1, -0.05) is 24.3 Å². The first-order chi connectivity index (χ1) is 18.7. The van der Waals surface area contributed by atoms with Crippen LogP contribution in [0.2, 0.25) is 0 Å². The van der Waals surface area contributed by atoms with Gasteiger partial charge in [0.25, 0.3) is 0 Å². The number of amides is 1. The van der Waals surface area contributed by atoms with E-state index in [1.54, 1.807) is 43.2 Å². The molecule has 9 heteroatoms. The van der Waals surface area contributed by atoms with Crippen molar-refractivity contribution < 1.29 is 28.5 Å². The Balaban J connectivity index is 2.08. The molecule has 3 aromatic carbocycles. The molecule has 0 unspecified atom stereocenters. The van der Waals surface area contributed by atoms with Crippen molar-refractivity contribution in [3.8, 4) is 51.2 Å². The summed E-state index contributed by atoms with van der Waals surface area (Å²) >= 11 is 0. The molecule has 0 atom stereocenters. The maximum atomic E-state index is 12.4. The van der Waals surface area contributed by atoms with Crippen molar-refractivity contribution in [2.45, 2.75) is 27.7 Å². The van der Waals surface area contributed by atoms with Gasteiger partial charge in [0.05, 0.1) is 32.6 Å². The Bertz CT molecular complexity index is 1510. The Hall–Kier alpha value is -4.79. The number of nitrogens with zero attached hydrogens (tertiary/aromatic N) is 2. The molecule has 39 heavy (non-hydrogen) atoms. The van der Waals surface area contributed by atoms with Crippen LogP contribution in [0.15, 0.2) is 54.6 Å². The van der Waals surface area contributed by atoms with Crippen molar-refractivity contribution in [1.29, 1.82) is 0 Å². The first-order valence-electron chi connectivity index (χ1n) is 12.2. The lowest BCUT2D eigenvalue weighted by atomic mass is 10.00. The molecule has 4 aromatic rings. The normalized spacial score (nSPS) is 10.6. The number of aryl methyl sites for hydroxylation is 2. The van der Waals surface area contributed by atoms with Crippen molar-refractivity contribution in [1.82, 2.24) is 9.78 Å². The monoisotopic (exact) mass is 529 g/mol. The molecule has 0 spiro atoms. The second-order valence-electron chi connectivity index (χ2n) is 9.00. The molecule has 0 aliphatic carbocycles. The number of nitrogens with one attached hydrogen (secondary N) is 1. The van der Waals surface area contributed by atoms with Gasteiger partial charge in [-0.25, -0.2) is 0 Å². The lowest BCUT2D eigenvalue weighted by Crippen LogP contribution is -2.09. The van der Waals surface area contributed by atoms with Crippen LogP contribution in [0.5, 0.6) is 23.1 Å². The lowest BCUT2D eigenvalue weighted by molar-refractivity contribution is -0.132. The fraction of sp³-hybridized carbons (Fsp3) is 0.233. The quantitative estimate of drug-likeness (QED) is 0.291. The fourth-order valence-electron chi connectivity index (χ4n) is 4.35. The third kappa shape index (κ3) is 5.57. The van der Waals surface area contributed by atoms with Gasteiger partial charge >= 0.3 is 5.97 Å². The number of methoxy groups -OCH3 is 3. The molecular formula is C30H31N3O6. The highest BCUT2D eigenvalue weighted by Crippen LogP contribution is 2.46. The van der Waals surface area contributed by atoms with Gasteiger partial charge in [-0.2, -0.15) is 9.78 Å². The predicted octanol–water partition coefficient (Wildman–Crippen LogP) is 5.73. The van der Waals surface area contributed by atoms with E-state index in [1.165, 1.54) is 21.0 Å². The largest absolute Gasteiger partial charge is 0.493 e. The predicted molar refractivity (Wildman–Crippen MR) is 149 cm³/mol. The lowest BCUT2D eigenvalue weighted by Gasteiger charge is -2.14. The average Bonchev–Trinajstić information content (AvgIpc) is 3.27. The Morgan fingerprint density at radius 1 is 0.821 bits per heavy atom. The Morgan fingerprint density at radius 3 is 2.00 bits per heavy atom. The standard InChI is InChI=1S/C30H31N3O6/c1-17-8-9-18(2)24(14-17)33-30(39-20(4)35)27(21-10-12-23(13-11-21)31-19(3)34)28(32-33)22-15-25(36-5)29(38-7)26(16-22)37-6/h8-16H,1-7H3,(H,31,34). The SMILES string of the molecule is COc1cc(-c2nn(-c3cc(C)ccc3C)c(OC(C)=O)c2-c2ccc(NC(C)=O)cc2)cc(OC)c1OC. The molecule has 0 radical (unpaired) electrons. The van der Waals surface area contributed by atoms with E-state index in [0.717, 1.165) is 22.4 Å². The summed E-state index contributed by atoms with van der Waals surface area (Å²) in [7, 11) is 4.62. The molecule has 0 saturated heterocycles. The van der Waals surface area contributed by atoms with Gasteiger partial charge in [0.2, 0.25) is 17.5 Å². The molecule has 1 N–H and O–H groups in total. The van der Waals surface area contributed by atoms with Gasteiger partial charge in [-0.15, -0.1) is 0 Å². The number of carbonyl (C=O) groups is 2. The van der Waals surface area contributed by atoms with Gasteiger partial charge < -0.3 is 24.3 Å². The summed E-state index contributed by atoms with van der Waals surface area (Å²) < 4.78 is 24.2. The van der Waals surface area contributed by atoms with Gasteiger partial charge in [-0.05, 0) is 60.9 Å². The number of hydrogen-bond donors (Lipinski definition) is 1. The Labute approximate surface area is 227 Å². The summed E-state index contributed by atoms with van der Waals surface area (Å²) in [5.74, 6) is 0.938. The van der Waals surface area contributed by atoms with E-state index in [-0.39, 0.29) is 11.8 Å². The van der Waals surface area contributed by atoms with E-state index in [2.05, 4.69) is 5.32 Å². The van der Waals surface area contributed by atoms with Gasteiger partial charge in [0.15, 0.2) is 11.5 Å². The number of hydrogen-bond acceptors (Lipinski definition) is 7. The smallest absolute Gasteiger partial charge is 0.309 e. The number of anilines is 1. The van der Waals surface area contributed by atoms with Crippen LogP contribution in [-0.2, 0) is 9.59 Å². The number of aromatic nitrogens is 2. The topological polar surface area (TPSA) is 101 Å². The van der Waals surface area contributed by atoms with E-state index in [0.29, 0.717) is 39.8 Å². The Morgan fingerprint density at radius 2 is 1.46 bits per heavy atom. The van der Waals surface area contributed by atoms with Crippen LogP contribution in [0.3, 0.4) is 0 Å². The molecule has 1 amide bonds. The molecule has 4 rings (SSSR count). The summed E-state index contributed by atoms with van der Waals surface area (Å²) in [5, 5.41) is 7.75. The fourth-order valence-corrected chi connectivity index (χ4v) is 4.35. The number of rotatable bonds is 8. The highest BCUT2D eigenvalue weighted by atomic mass is 16.5. The van der Waals surface area contributed by atoms with Crippen LogP contribution in [-0.4, -0.2) is 43.0 Å². The zero-order valence-corrected chi connectivity index (χ0v) is 23.0. The number of esters is 1. The summed E-state index contributed by atoms with van der Waals surface area (Å²) in [6, 6.07) is 16.8. The zero-order valence-electron chi connectivity index (χ0n) is 23.0. The molecule has 0 fully saturated rings. The van der Waals surface area contributed by atoms with E-state index < -0.39 is 5.97 Å². The zero-order chi connectivity index (χ0) is 28.3. The molecule has 9 nitrogen and oxygen atoms in total. The molecular weight excluding hydrogens is 498 g/mol. The van der Waals surface area contributed by atoms with Crippen LogP contribution in [0.4, 0.5) is 5.69 Å². The highest BCUT2D eigenvalue weighted by Gasteiger charge is 2.27. The highest BCUT2D eigenvalue weighted by molar-refractivity contribution is 5.91. The maximum absolute atomic E-state index is 12.4. The number of carbonyl (C=O) groups excluding carboxylic acids is 2. The van der Waals surface area contributed by atoms with Crippen LogP contribution in [0.1, 0.15) is 25.0 Å². The van der Waals surface area contributed by atoms with E-state index in [9.17, 15) is 9.59 Å². The third-order valence-electron chi connectivity index (χ3n) is 6.11. The first-order valence-corrected chi connectivity index (χ1v) is 12.2. The summed E-state index contributed by atoms with van der Waals surface area (Å²) in [5.41, 5.74) is 5.85. The summed E-state index contributed by atoms with van der Waals surface area (Å²) in [6.45, 7) is 6.75. The second-order valence-corrected chi connectivity index (χ2v) is 9.00. The average molecular weight is 530 g/mol. The molecule has 0 bridgehead atoms. The van der Waals surface area contributed by atoms with Crippen molar-refractivity contribution in [3.05, 3.63) is 65.7 Å². The molecule has 0 saturated carbocycles. The second kappa shape index (κ2) is 11.3. The van der Waals surface area contributed by atoms with Crippen LogP contribution < -0.4 is 24.3 Å². The number of ether oxygens (including phenoxy) is 4. The van der Waals surface area contributed by atoms with E-state index in [4.69, 9.17) is 24.0 Å². The molecule has 0 aliphatic heterocycles. The molecule has 1 heterocycles. The van der Waals surface area contributed by atoms with Crippen LogP contribution in [0, 0.1) is 13.8 Å². The molecule has 0 aliphatic rings. The van der Waals surface area contributed by atoms with Crippen molar-refractivity contribution in [3.63, 3.8) is 0 Å². The summed E-state index contributed by atoms with van der Waals surface area (Å²) in [6.07, 6.45) is 0. The first kappa shape index (κ1) is 27.3. The minimum atomic E-state index is -0.492. The summed E-state index contributed by atoms with van der Waals surface area (Å²) in [4.78, 5) is 23.9. The molecule has 1 aromatic heterocycles. The van der Waals surface area contributed by atoms with Gasteiger partial charge in [-0.3, -0.25) is 9.59 Å². The van der Waals surface area contributed by atoms with Crippen molar-refractivity contribution >= 4 is 17.6 Å². The number of benzene rings is 3. The maximum Gasteiger partial charge on any atom is 0.309 e. The van der Waals surface area contributed by atoms with Crippen LogP contribution in [0.25, 0.3) is 28.1 Å². The minimum Gasteiger partial charge on any atom is -0.493 e. The van der Waals surface area contributed by atoms with Crippen LogP contribution >= 0.6 is 0 Å². The van der Waals surface area contributed by atoms with E-state index >= 15 is 0 Å². The minimum absolute atomic E-state index is 0.177. The molecule has 202 valence electrons. The Kier molecular flexibility index (Phi) is 7.90. The third-order valence-corrected chi connectivity index (χ3v) is 6.11. The van der Waals surface area contributed by atoms with E-state index in [1.807, 2.05) is 44.2 Å². The van der Waals surface area contributed by atoms with Crippen molar-refractivity contribution in [2.24, 2.45) is 0 Å². The van der Waals surface area contributed by atoms with Gasteiger partial charge in [0, 0.05) is 25.1 Å². The van der Waals surface area contributed by atoms with Gasteiger partial charge in [0.1, 0.15) is 5.69 Å².